The largest absolute Gasteiger partial charge is 0.490 e. The van der Waals surface area contributed by atoms with E-state index in [1.807, 2.05) is 0 Å². The van der Waals surface area contributed by atoms with E-state index >= 15 is 0 Å². The molecule has 1 fully saturated rings. The van der Waals surface area contributed by atoms with Crippen LogP contribution in [0.15, 0.2) is 23.1 Å². The highest BCUT2D eigenvalue weighted by Crippen LogP contribution is 2.32. The summed E-state index contributed by atoms with van der Waals surface area (Å²) in [5.74, 6) is 0.963. The van der Waals surface area contributed by atoms with Crippen molar-refractivity contribution in [2.24, 2.45) is 5.14 Å². The van der Waals surface area contributed by atoms with Crippen LogP contribution in [0.3, 0.4) is 0 Å². The van der Waals surface area contributed by atoms with E-state index < -0.39 is 10.0 Å². The summed E-state index contributed by atoms with van der Waals surface area (Å²) in [4.78, 5) is 0.136. The first-order chi connectivity index (χ1) is 9.91. The Hall–Kier alpha value is -1.11. The van der Waals surface area contributed by atoms with Crippen LogP contribution >= 0.6 is 0 Å². The van der Waals surface area contributed by atoms with Gasteiger partial charge in [-0.1, -0.05) is 13.8 Å². The van der Waals surface area contributed by atoms with Gasteiger partial charge in [-0.25, -0.2) is 13.6 Å². The number of primary sulfonamides is 1. The van der Waals surface area contributed by atoms with Crippen molar-refractivity contribution in [1.29, 1.82) is 0 Å². The van der Waals surface area contributed by atoms with E-state index in [9.17, 15) is 8.42 Å². The maximum absolute atomic E-state index is 11.5. The van der Waals surface area contributed by atoms with Gasteiger partial charge in [0.15, 0.2) is 0 Å². The summed E-state index contributed by atoms with van der Waals surface area (Å²) in [6.07, 6.45) is 2.74. The van der Waals surface area contributed by atoms with Crippen molar-refractivity contribution >= 4 is 10.0 Å². The Kier molecular flexibility index (Phi) is 5.24. The second-order valence-corrected chi connectivity index (χ2v) is 7.04. The first kappa shape index (κ1) is 16.3. The highest BCUT2D eigenvalue weighted by atomic mass is 32.2. The Labute approximate surface area is 126 Å². The van der Waals surface area contributed by atoms with Gasteiger partial charge in [-0.2, -0.15) is 0 Å². The molecule has 2 N–H and O–H groups in total. The lowest BCUT2D eigenvalue weighted by molar-refractivity contribution is 0.0250. The van der Waals surface area contributed by atoms with Crippen molar-refractivity contribution in [2.75, 3.05) is 13.2 Å². The number of benzene rings is 1. The van der Waals surface area contributed by atoms with Gasteiger partial charge in [0.05, 0.1) is 18.1 Å². The van der Waals surface area contributed by atoms with E-state index in [0.717, 1.165) is 30.6 Å². The average Bonchev–Trinajstić information content (AvgIpc) is 2.47. The zero-order valence-electron chi connectivity index (χ0n) is 12.5. The Bertz CT molecular complexity index is 579. The molecule has 1 aromatic rings. The number of sulfonamides is 1. The molecule has 118 valence electrons. The van der Waals surface area contributed by atoms with Crippen LogP contribution in [0.25, 0.3) is 0 Å². The first-order valence-corrected chi connectivity index (χ1v) is 8.87. The zero-order valence-corrected chi connectivity index (χ0v) is 13.4. The molecule has 0 radical (unpaired) electrons. The monoisotopic (exact) mass is 313 g/mol. The molecule has 1 atom stereocenters. The van der Waals surface area contributed by atoms with Gasteiger partial charge in [-0.3, -0.25) is 0 Å². The lowest BCUT2D eigenvalue weighted by Crippen LogP contribution is -2.26. The normalized spacial score (nSPS) is 18.4. The standard InChI is InChI=1S/C15H23NO4S/c1-3-11(2)14-10-13(21(16,17)18)4-5-15(14)20-12-6-8-19-9-7-12/h4-5,10-12H,3,6-9H2,1-2H3,(H2,16,17,18). The minimum Gasteiger partial charge on any atom is -0.490 e. The Morgan fingerprint density at radius 1 is 1.38 bits per heavy atom. The van der Waals surface area contributed by atoms with Crippen molar-refractivity contribution < 1.29 is 17.9 Å². The van der Waals surface area contributed by atoms with Crippen LogP contribution in [-0.4, -0.2) is 27.7 Å². The first-order valence-electron chi connectivity index (χ1n) is 7.33. The zero-order chi connectivity index (χ0) is 15.5. The summed E-state index contributed by atoms with van der Waals surface area (Å²) in [5, 5.41) is 5.22. The summed E-state index contributed by atoms with van der Waals surface area (Å²) < 4.78 is 34.4. The summed E-state index contributed by atoms with van der Waals surface area (Å²) in [6.45, 7) is 5.53. The van der Waals surface area contributed by atoms with Crippen LogP contribution in [-0.2, 0) is 14.8 Å². The molecule has 0 amide bonds. The molecule has 21 heavy (non-hydrogen) atoms. The Balaban J connectivity index is 2.30. The van der Waals surface area contributed by atoms with Crippen molar-refractivity contribution in [3.05, 3.63) is 23.8 Å². The number of rotatable bonds is 5. The molecular formula is C15H23NO4S. The molecule has 0 aromatic heterocycles. The molecule has 0 bridgehead atoms. The third-order valence-electron chi connectivity index (χ3n) is 3.92. The number of hydrogen-bond acceptors (Lipinski definition) is 4. The van der Waals surface area contributed by atoms with Crippen molar-refractivity contribution in [1.82, 2.24) is 0 Å². The van der Waals surface area contributed by atoms with Crippen LogP contribution < -0.4 is 9.88 Å². The van der Waals surface area contributed by atoms with Gasteiger partial charge in [0.1, 0.15) is 11.9 Å². The van der Waals surface area contributed by atoms with E-state index in [1.165, 1.54) is 6.07 Å². The fraction of sp³-hybridized carbons (Fsp3) is 0.600. The predicted molar refractivity (Wildman–Crippen MR) is 81.0 cm³/mol. The Morgan fingerprint density at radius 2 is 2.05 bits per heavy atom. The quantitative estimate of drug-likeness (QED) is 0.905. The molecule has 1 heterocycles. The molecule has 0 spiro atoms. The summed E-state index contributed by atoms with van der Waals surface area (Å²) >= 11 is 0. The van der Waals surface area contributed by atoms with Crippen LogP contribution in [0.5, 0.6) is 5.75 Å². The molecule has 1 saturated heterocycles. The van der Waals surface area contributed by atoms with E-state index in [4.69, 9.17) is 14.6 Å². The van der Waals surface area contributed by atoms with Crippen molar-refractivity contribution in [3.8, 4) is 5.75 Å². The second-order valence-electron chi connectivity index (χ2n) is 5.48. The highest BCUT2D eigenvalue weighted by molar-refractivity contribution is 7.89. The molecule has 1 aliphatic rings. The third-order valence-corrected chi connectivity index (χ3v) is 4.83. The van der Waals surface area contributed by atoms with Gasteiger partial charge in [-0.15, -0.1) is 0 Å². The molecular weight excluding hydrogens is 290 g/mol. The molecule has 0 aliphatic carbocycles. The molecule has 2 rings (SSSR count). The molecule has 5 nitrogen and oxygen atoms in total. The minimum absolute atomic E-state index is 0.127. The molecule has 1 aromatic carbocycles. The maximum Gasteiger partial charge on any atom is 0.238 e. The van der Waals surface area contributed by atoms with Gasteiger partial charge < -0.3 is 9.47 Å². The van der Waals surface area contributed by atoms with Gasteiger partial charge in [0.25, 0.3) is 0 Å². The second kappa shape index (κ2) is 6.77. The van der Waals surface area contributed by atoms with Crippen LogP contribution in [0.4, 0.5) is 0 Å². The summed E-state index contributed by atoms with van der Waals surface area (Å²) in [5.41, 5.74) is 0.899. The maximum atomic E-state index is 11.5. The Morgan fingerprint density at radius 3 is 2.62 bits per heavy atom. The van der Waals surface area contributed by atoms with Crippen LogP contribution in [0.2, 0.25) is 0 Å². The minimum atomic E-state index is -3.69. The van der Waals surface area contributed by atoms with Gasteiger partial charge in [-0.05, 0) is 36.1 Å². The topological polar surface area (TPSA) is 78.6 Å². The lowest BCUT2D eigenvalue weighted by atomic mass is 9.97. The summed E-state index contributed by atoms with van der Waals surface area (Å²) in [7, 11) is -3.69. The average molecular weight is 313 g/mol. The number of ether oxygens (including phenoxy) is 2. The number of nitrogens with two attached hydrogens (primary N) is 1. The van der Waals surface area contributed by atoms with Gasteiger partial charge in [0, 0.05) is 12.8 Å². The molecule has 1 aliphatic heterocycles. The van der Waals surface area contributed by atoms with E-state index in [-0.39, 0.29) is 16.9 Å². The van der Waals surface area contributed by atoms with Crippen LogP contribution in [0, 0.1) is 0 Å². The van der Waals surface area contributed by atoms with Crippen molar-refractivity contribution in [2.45, 2.75) is 50.0 Å². The van der Waals surface area contributed by atoms with E-state index in [2.05, 4.69) is 13.8 Å². The smallest absolute Gasteiger partial charge is 0.238 e. The van der Waals surface area contributed by atoms with E-state index in [1.54, 1.807) is 12.1 Å². The SMILES string of the molecule is CCC(C)c1cc(S(N)(=O)=O)ccc1OC1CCOCC1. The molecule has 0 saturated carbocycles. The molecule has 1 unspecified atom stereocenters. The van der Waals surface area contributed by atoms with Crippen molar-refractivity contribution in [3.63, 3.8) is 0 Å². The van der Waals surface area contributed by atoms with Crippen LogP contribution in [0.1, 0.15) is 44.6 Å². The highest BCUT2D eigenvalue weighted by Gasteiger charge is 2.20. The third kappa shape index (κ3) is 4.18. The van der Waals surface area contributed by atoms with Gasteiger partial charge in [0.2, 0.25) is 10.0 Å². The molecule has 6 heteroatoms. The van der Waals surface area contributed by atoms with E-state index in [0.29, 0.717) is 13.2 Å². The summed E-state index contributed by atoms with van der Waals surface area (Å²) in [6, 6.07) is 4.87. The fourth-order valence-electron chi connectivity index (χ4n) is 2.39. The fourth-order valence-corrected chi connectivity index (χ4v) is 2.94. The lowest BCUT2D eigenvalue weighted by Gasteiger charge is -2.26. The number of hydrogen-bond donors (Lipinski definition) is 1. The predicted octanol–water partition coefficient (Wildman–Crippen LogP) is 2.41. The van der Waals surface area contributed by atoms with Gasteiger partial charge >= 0.3 is 0 Å².